The molecule has 4 aromatic rings. The van der Waals surface area contributed by atoms with Crippen LogP contribution in [0.2, 0.25) is 0 Å². The van der Waals surface area contributed by atoms with Gasteiger partial charge in [0.15, 0.2) is 17.3 Å². The molecule has 0 bridgehead atoms. The molecule has 2 heterocycles. The van der Waals surface area contributed by atoms with Gasteiger partial charge in [-0.15, -0.1) is 0 Å². The molecule has 9 rings (SSSR count). The number of alkyl halides is 9. The number of Topliss-reactive ketones (excluding diaryl/α,β-unsaturated/α-hetero) is 4. The van der Waals surface area contributed by atoms with Crippen LogP contribution in [-0.2, 0) is 19.2 Å². The first-order valence-corrected chi connectivity index (χ1v) is 25.2. The SMILES string of the molecule is C[C@@H](NC1=C([C@@H](CC(=O)C(F)(F)F)c2cccc(C#N)c2)C(=O)CCC1)c1ccccc1.N#Cc1cccc([C@@H]2C=C(C(F)(F)F)NC3=C2C(=O)CCC3)c1.N#Cc1cccc([C@@H]2CC(O)(C(F)(F)F)NC3=C2C(=O)CCC3)c1. The number of nitriles is 3. The maximum absolute atomic E-state index is 13.3. The zero-order chi connectivity index (χ0) is 57.5. The normalized spacial score (nSPS) is 21.1. The maximum atomic E-state index is 13.3. The summed E-state index contributed by atoms with van der Waals surface area (Å²) in [6, 6.07) is 33.8. The van der Waals surface area contributed by atoms with Crippen molar-refractivity contribution >= 4 is 23.1 Å². The second-order valence-electron chi connectivity index (χ2n) is 19.6. The van der Waals surface area contributed by atoms with Crippen molar-refractivity contribution in [2.24, 2.45) is 0 Å². The molecule has 11 nitrogen and oxygen atoms in total. The van der Waals surface area contributed by atoms with Crippen molar-refractivity contribution in [1.82, 2.24) is 16.0 Å². The molecule has 3 aliphatic carbocycles. The topological polar surface area (TPSA) is 196 Å². The van der Waals surface area contributed by atoms with Crippen molar-refractivity contribution in [2.75, 3.05) is 0 Å². The number of benzene rings is 4. The molecule has 20 heteroatoms. The summed E-state index contributed by atoms with van der Waals surface area (Å²) in [7, 11) is 0. The molecular formula is C59H51F9N6O5. The number of halogens is 9. The van der Waals surface area contributed by atoms with Crippen LogP contribution in [0.5, 0.6) is 0 Å². The summed E-state index contributed by atoms with van der Waals surface area (Å²) < 4.78 is 119. The average Bonchev–Trinajstić information content (AvgIpc) is 3.56. The monoisotopic (exact) mass is 1090 g/mol. The highest BCUT2D eigenvalue weighted by Crippen LogP contribution is 2.47. The second kappa shape index (κ2) is 24.2. The van der Waals surface area contributed by atoms with Crippen LogP contribution >= 0.6 is 0 Å². The van der Waals surface area contributed by atoms with Crippen molar-refractivity contribution < 1.29 is 63.8 Å². The van der Waals surface area contributed by atoms with Gasteiger partial charge in [0.1, 0.15) is 5.70 Å². The van der Waals surface area contributed by atoms with Crippen molar-refractivity contribution in [3.8, 4) is 18.2 Å². The van der Waals surface area contributed by atoms with Gasteiger partial charge in [0, 0.05) is 89.7 Å². The van der Waals surface area contributed by atoms with E-state index in [0.717, 1.165) is 11.6 Å². The number of rotatable bonds is 9. The smallest absolute Gasteiger partial charge is 0.381 e. The minimum atomic E-state index is -5.01. The van der Waals surface area contributed by atoms with Gasteiger partial charge in [0.2, 0.25) is 11.5 Å². The quantitative estimate of drug-likeness (QED) is 0.116. The Balaban J connectivity index is 0.000000175. The van der Waals surface area contributed by atoms with E-state index in [-0.39, 0.29) is 59.5 Å². The van der Waals surface area contributed by atoms with E-state index in [9.17, 15) is 69.1 Å². The fourth-order valence-corrected chi connectivity index (χ4v) is 10.4. The van der Waals surface area contributed by atoms with Gasteiger partial charge < -0.3 is 21.1 Å². The zero-order valence-electron chi connectivity index (χ0n) is 42.3. The molecule has 4 N–H and O–H groups in total. The minimum absolute atomic E-state index is 0.136. The van der Waals surface area contributed by atoms with Gasteiger partial charge in [-0.1, -0.05) is 66.7 Å². The number of dihydropyridines is 1. The molecule has 1 unspecified atom stereocenters. The van der Waals surface area contributed by atoms with Crippen LogP contribution in [0.4, 0.5) is 39.5 Å². The summed E-state index contributed by atoms with van der Waals surface area (Å²) in [5.74, 6) is -5.27. The molecule has 2 aliphatic heterocycles. The fourth-order valence-electron chi connectivity index (χ4n) is 10.4. The van der Waals surface area contributed by atoms with Crippen LogP contribution in [0.25, 0.3) is 0 Å². The van der Waals surface area contributed by atoms with Gasteiger partial charge in [0.05, 0.1) is 34.9 Å². The Labute approximate surface area is 448 Å². The number of carbonyl (C=O) groups is 4. The second-order valence-corrected chi connectivity index (χ2v) is 19.6. The molecular weight excluding hydrogens is 1040 g/mol. The van der Waals surface area contributed by atoms with Crippen LogP contribution in [0, 0.1) is 34.0 Å². The summed E-state index contributed by atoms with van der Waals surface area (Å²) >= 11 is 0. The first kappa shape index (κ1) is 58.4. The third-order valence-corrected chi connectivity index (χ3v) is 14.2. The Morgan fingerprint density at radius 2 is 1.20 bits per heavy atom. The summed E-state index contributed by atoms with van der Waals surface area (Å²) in [6.07, 6.45) is -11.4. The highest BCUT2D eigenvalue weighted by Gasteiger charge is 2.58. The van der Waals surface area contributed by atoms with Gasteiger partial charge in [0.25, 0.3) is 0 Å². The fraction of sp³-hybridized carbons (Fsp3) is 0.339. The zero-order valence-corrected chi connectivity index (χ0v) is 42.3. The van der Waals surface area contributed by atoms with Gasteiger partial charge in [-0.05, 0) is 110 Å². The lowest BCUT2D eigenvalue weighted by Crippen LogP contribution is -2.60. The van der Waals surface area contributed by atoms with E-state index in [4.69, 9.17) is 10.5 Å². The van der Waals surface area contributed by atoms with Gasteiger partial charge >= 0.3 is 18.5 Å². The molecule has 0 fully saturated rings. The van der Waals surface area contributed by atoms with E-state index in [2.05, 4.69) is 16.0 Å². The minimum Gasteiger partial charge on any atom is -0.381 e. The van der Waals surface area contributed by atoms with Crippen LogP contribution in [0.3, 0.4) is 0 Å². The van der Waals surface area contributed by atoms with Crippen LogP contribution in [0.1, 0.15) is 140 Å². The Morgan fingerprint density at radius 3 is 1.80 bits per heavy atom. The molecule has 0 radical (unpaired) electrons. The number of aliphatic hydroxyl groups is 1. The van der Waals surface area contributed by atoms with E-state index < -0.39 is 66.3 Å². The first-order chi connectivity index (χ1) is 37.3. The highest BCUT2D eigenvalue weighted by atomic mass is 19.4. The molecule has 0 saturated carbocycles. The highest BCUT2D eigenvalue weighted by molar-refractivity contribution is 6.00. The third-order valence-electron chi connectivity index (χ3n) is 14.2. The van der Waals surface area contributed by atoms with Crippen molar-refractivity contribution in [2.45, 2.75) is 126 Å². The number of nitrogens with one attached hydrogen (secondary N) is 3. The molecule has 5 aliphatic rings. The molecule has 0 spiro atoms. The molecule has 0 aromatic heterocycles. The van der Waals surface area contributed by atoms with Gasteiger partial charge in [-0.25, -0.2) is 0 Å². The Kier molecular flexibility index (Phi) is 17.9. The summed E-state index contributed by atoms with van der Waals surface area (Å²) in [5.41, 5.74) is 1.18. The molecule has 0 amide bonds. The number of hydrogen-bond acceptors (Lipinski definition) is 11. The van der Waals surface area contributed by atoms with Crippen molar-refractivity contribution in [3.05, 3.63) is 188 Å². The molecule has 5 atom stereocenters. The standard InChI is InChI=1S/C25H23F3N2O2.C17H15F3N2O2.C17H13F3N2O/c1-16(18-8-3-2-4-9-18)30-21-11-6-12-22(31)24(21)20(14-23(32)25(26,27)28)19-10-5-7-17(13-19)15-29;18-17(19,20)16(24)8-12(11-4-1-3-10(7-11)9-21)15-13(22-16)5-2-6-14(15)23;18-17(19,20)15-8-12(11-4-1-3-10(7-11)9-21)16-13(22-15)5-2-6-14(16)23/h2-5,7-10,13,16,20,30H,6,11-12,14H2,1H3;1,3-4,7,12,22,24H,2,5-6,8H2;1,3-4,7-8,12,22H,2,5-6H2/t16-,20+;12-,16?;12-/m100/s1. The summed E-state index contributed by atoms with van der Waals surface area (Å²) in [5, 5.41) is 45.2. The molecule has 4 aromatic carbocycles. The van der Waals surface area contributed by atoms with Crippen molar-refractivity contribution in [3.63, 3.8) is 0 Å². The summed E-state index contributed by atoms with van der Waals surface area (Å²) in [4.78, 5) is 49.5. The Bertz CT molecular complexity index is 3280. The van der Waals surface area contributed by atoms with Crippen molar-refractivity contribution in [1.29, 1.82) is 15.8 Å². The number of allylic oxidation sites excluding steroid dienone is 8. The van der Waals surface area contributed by atoms with Gasteiger partial charge in [-0.2, -0.15) is 55.3 Å². The predicted molar refractivity (Wildman–Crippen MR) is 269 cm³/mol. The van der Waals surface area contributed by atoms with E-state index in [1.165, 1.54) is 24.3 Å². The lowest BCUT2D eigenvalue weighted by Gasteiger charge is -2.43. The van der Waals surface area contributed by atoms with E-state index >= 15 is 0 Å². The first-order valence-electron chi connectivity index (χ1n) is 25.2. The summed E-state index contributed by atoms with van der Waals surface area (Å²) in [6.45, 7) is 1.91. The Morgan fingerprint density at radius 1 is 0.671 bits per heavy atom. The number of ketones is 4. The van der Waals surface area contributed by atoms with Crippen LogP contribution in [-0.4, -0.2) is 52.5 Å². The number of carbonyl (C=O) groups excluding carboxylic acids is 4. The van der Waals surface area contributed by atoms with Crippen LogP contribution < -0.4 is 16.0 Å². The van der Waals surface area contributed by atoms with Crippen LogP contribution in [0.15, 0.2) is 149 Å². The molecule has 410 valence electrons. The van der Waals surface area contributed by atoms with E-state index in [1.807, 2.05) is 55.5 Å². The van der Waals surface area contributed by atoms with Gasteiger partial charge in [-0.3, -0.25) is 19.2 Å². The number of hydrogen-bond donors (Lipinski definition) is 4. The van der Waals surface area contributed by atoms with E-state index in [0.29, 0.717) is 88.9 Å². The van der Waals surface area contributed by atoms with E-state index in [1.54, 1.807) is 48.5 Å². The third kappa shape index (κ3) is 13.7. The molecule has 79 heavy (non-hydrogen) atoms. The molecule has 0 saturated heterocycles. The number of nitrogens with zero attached hydrogens (tertiary/aromatic N) is 3. The maximum Gasteiger partial charge on any atom is 0.450 e. The lowest BCUT2D eigenvalue weighted by molar-refractivity contribution is -0.275. The lowest BCUT2D eigenvalue weighted by atomic mass is 9.74. The Hall–Kier alpha value is -8.28. The largest absolute Gasteiger partial charge is 0.450 e. The predicted octanol–water partition coefficient (Wildman–Crippen LogP) is 12.1. The average molecular weight is 1100 g/mol.